The Morgan fingerprint density at radius 2 is 0.494 bits per heavy atom. The number of hydrogen-bond acceptors (Lipinski definition) is 6. The van der Waals surface area contributed by atoms with Gasteiger partial charge in [-0.1, -0.05) is 297 Å². The molecule has 0 aliphatic heterocycles. The van der Waals surface area contributed by atoms with Crippen LogP contribution in [0.15, 0.2) is 109 Å². The third kappa shape index (κ3) is 64.8. The van der Waals surface area contributed by atoms with E-state index in [9.17, 15) is 14.4 Å². The summed E-state index contributed by atoms with van der Waals surface area (Å²) in [6, 6.07) is 0. The SMILES string of the molecule is CC/C=C\C/C=C\C/C=C\C/C=C\C/C=C\C/C=C\CCCCCCC(=O)OCC(COC(=O)CCCCCCCCCCCCCCCCCCC)OC(=O)CCCCCCCC/C=C\C/C=C\C/C=C\CCCCCCC. The van der Waals surface area contributed by atoms with E-state index in [-0.39, 0.29) is 31.1 Å². The maximum absolute atomic E-state index is 12.9. The molecule has 0 fully saturated rings. The zero-order valence-electron chi connectivity index (χ0n) is 51.9. The summed E-state index contributed by atoms with van der Waals surface area (Å²) in [5.74, 6) is -0.918. The predicted molar refractivity (Wildman–Crippen MR) is 343 cm³/mol. The van der Waals surface area contributed by atoms with Crippen LogP contribution in [-0.2, 0) is 28.6 Å². The van der Waals surface area contributed by atoms with Crippen molar-refractivity contribution >= 4 is 17.9 Å². The fraction of sp³-hybridized carbons (Fsp3) is 0.712. The molecule has 0 spiro atoms. The lowest BCUT2D eigenvalue weighted by Gasteiger charge is -2.18. The van der Waals surface area contributed by atoms with Crippen molar-refractivity contribution in [2.24, 2.45) is 0 Å². The van der Waals surface area contributed by atoms with Gasteiger partial charge in [-0.15, -0.1) is 0 Å². The number of carbonyl (C=O) groups excluding carboxylic acids is 3. The van der Waals surface area contributed by atoms with Gasteiger partial charge in [0.05, 0.1) is 0 Å². The molecule has 0 heterocycles. The molecule has 0 amide bonds. The van der Waals surface area contributed by atoms with Gasteiger partial charge in [-0.05, 0) is 109 Å². The fourth-order valence-electron chi connectivity index (χ4n) is 9.28. The van der Waals surface area contributed by atoms with Crippen LogP contribution >= 0.6 is 0 Å². The molecule has 0 aliphatic carbocycles. The van der Waals surface area contributed by atoms with Crippen LogP contribution in [-0.4, -0.2) is 37.2 Å². The Labute approximate surface area is 489 Å². The normalized spacial score (nSPS) is 12.8. The number of hydrogen-bond donors (Lipinski definition) is 0. The van der Waals surface area contributed by atoms with Gasteiger partial charge in [0.25, 0.3) is 0 Å². The smallest absolute Gasteiger partial charge is 0.306 e. The van der Waals surface area contributed by atoms with Crippen molar-refractivity contribution in [2.75, 3.05) is 13.2 Å². The lowest BCUT2D eigenvalue weighted by Crippen LogP contribution is -2.30. The second-order valence-electron chi connectivity index (χ2n) is 22.0. The molecular formula is C73H124O6. The lowest BCUT2D eigenvalue weighted by atomic mass is 10.0. The van der Waals surface area contributed by atoms with E-state index in [0.29, 0.717) is 19.3 Å². The van der Waals surface area contributed by atoms with Gasteiger partial charge in [0, 0.05) is 19.3 Å². The Balaban J connectivity index is 4.46. The highest BCUT2D eigenvalue weighted by Crippen LogP contribution is 2.16. The van der Waals surface area contributed by atoms with E-state index in [1.54, 1.807) is 0 Å². The molecule has 6 nitrogen and oxygen atoms in total. The molecule has 0 N–H and O–H groups in total. The molecule has 1 unspecified atom stereocenters. The average Bonchev–Trinajstić information content (AvgIpc) is 3.45. The second-order valence-corrected chi connectivity index (χ2v) is 22.0. The van der Waals surface area contributed by atoms with Crippen LogP contribution in [0.4, 0.5) is 0 Å². The van der Waals surface area contributed by atoms with Crippen LogP contribution in [0.5, 0.6) is 0 Å². The maximum Gasteiger partial charge on any atom is 0.306 e. The van der Waals surface area contributed by atoms with Crippen LogP contribution in [0.2, 0.25) is 0 Å². The molecule has 1 atom stereocenters. The zero-order valence-corrected chi connectivity index (χ0v) is 51.9. The van der Waals surface area contributed by atoms with Crippen LogP contribution in [0.1, 0.15) is 316 Å². The van der Waals surface area contributed by atoms with Crippen LogP contribution in [0.25, 0.3) is 0 Å². The fourth-order valence-corrected chi connectivity index (χ4v) is 9.28. The Bertz CT molecular complexity index is 1590. The number of ether oxygens (including phenoxy) is 3. The summed E-state index contributed by atoms with van der Waals surface area (Å²) < 4.78 is 16.9. The summed E-state index contributed by atoms with van der Waals surface area (Å²) in [4.78, 5) is 38.4. The monoisotopic (exact) mass is 1100 g/mol. The number of esters is 3. The minimum absolute atomic E-state index is 0.0905. The van der Waals surface area contributed by atoms with Crippen LogP contribution in [0.3, 0.4) is 0 Å². The third-order valence-corrected chi connectivity index (χ3v) is 14.3. The van der Waals surface area contributed by atoms with Gasteiger partial charge in [0.15, 0.2) is 6.10 Å². The van der Waals surface area contributed by atoms with Gasteiger partial charge in [0.2, 0.25) is 0 Å². The minimum Gasteiger partial charge on any atom is -0.462 e. The lowest BCUT2D eigenvalue weighted by molar-refractivity contribution is -0.167. The summed E-state index contributed by atoms with van der Waals surface area (Å²) >= 11 is 0. The Kier molecular flexibility index (Phi) is 63.3. The number of rotatable bonds is 60. The molecule has 0 rings (SSSR count). The molecule has 79 heavy (non-hydrogen) atoms. The van der Waals surface area contributed by atoms with Gasteiger partial charge in [-0.2, -0.15) is 0 Å². The molecule has 0 aromatic heterocycles. The predicted octanol–water partition coefficient (Wildman–Crippen LogP) is 23.0. The van der Waals surface area contributed by atoms with E-state index in [2.05, 4.69) is 130 Å². The van der Waals surface area contributed by atoms with Gasteiger partial charge in [-0.25, -0.2) is 0 Å². The molecule has 0 aliphatic rings. The van der Waals surface area contributed by atoms with E-state index < -0.39 is 6.10 Å². The molecule has 0 saturated carbocycles. The van der Waals surface area contributed by atoms with Crippen molar-refractivity contribution in [3.8, 4) is 0 Å². The Hall–Kier alpha value is -3.93. The van der Waals surface area contributed by atoms with Gasteiger partial charge in [0.1, 0.15) is 13.2 Å². The maximum atomic E-state index is 12.9. The zero-order chi connectivity index (χ0) is 57.1. The van der Waals surface area contributed by atoms with Gasteiger partial charge >= 0.3 is 17.9 Å². The summed E-state index contributed by atoms with van der Waals surface area (Å²) in [5.41, 5.74) is 0. The molecular weight excluding hydrogens is 973 g/mol. The molecule has 0 radical (unpaired) electrons. The van der Waals surface area contributed by atoms with Gasteiger partial charge < -0.3 is 14.2 Å². The minimum atomic E-state index is -0.798. The quantitative estimate of drug-likeness (QED) is 0.0261. The summed E-state index contributed by atoms with van der Waals surface area (Å²) in [5, 5.41) is 0. The first-order valence-corrected chi connectivity index (χ1v) is 33.4. The largest absolute Gasteiger partial charge is 0.462 e. The van der Waals surface area contributed by atoms with Crippen molar-refractivity contribution in [1.82, 2.24) is 0 Å². The summed E-state index contributed by atoms with van der Waals surface area (Å²) in [6.45, 7) is 6.52. The molecule has 0 bridgehead atoms. The molecule has 0 aromatic rings. The average molecular weight is 1100 g/mol. The Morgan fingerprint density at radius 1 is 0.266 bits per heavy atom. The standard InChI is InChI=1S/C73H124O6/c1-4-7-10-13-16-19-22-25-28-31-33-35-36-38-39-42-45-48-51-54-57-60-63-66-72(75)78-69-70(68-77-71(74)65-62-59-56-53-50-47-44-41-30-27-24-21-18-15-12-9-6-3)79-73(76)67-64-61-58-55-52-49-46-43-40-37-34-32-29-26-23-20-17-14-11-8-5-2/h7,10,16,19,23,25-26,28,32-35,38-40,43,45,48,70H,4-6,8-9,11-15,17-18,20-22,24,27,29-31,36-37,41-42,44,46-47,49-69H2,1-3H3/b10-7-,19-16-,26-23-,28-25-,34-32-,35-33-,39-38-,43-40-,48-45-. The highest BCUT2D eigenvalue weighted by molar-refractivity contribution is 5.71. The van der Waals surface area contributed by atoms with Crippen molar-refractivity contribution in [3.63, 3.8) is 0 Å². The third-order valence-electron chi connectivity index (χ3n) is 14.3. The van der Waals surface area contributed by atoms with E-state index in [0.717, 1.165) is 135 Å². The first kappa shape index (κ1) is 75.1. The Morgan fingerprint density at radius 3 is 0.772 bits per heavy atom. The van der Waals surface area contributed by atoms with Crippen LogP contribution < -0.4 is 0 Å². The van der Waals surface area contributed by atoms with Crippen molar-refractivity contribution < 1.29 is 28.6 Å². The van der Waals surface area contributed by atoms with E-state index in [1.807, 2.05) is 0 Å². The van der Waals surface area contributed by atoms with Crippen LogP contribution in [0, 0.1) is 0 Å². The topological polar surface area (TPSA) is 78.9 Å². The second kappa shape index (κ2) is 66.6. The molecule has 0 aromatic carbocycles. The number of unbranched alkanes of at least 4 members (excludes halogenated alkanes) is 31. The number of carbonyl (C=O) groups is 3. The van der Waals surface area contributed by atoms with Crippen molar-refractivity contribution in [1.29, 1.82) is 0 Å². The van der Waals surface area contributed by atoms with E-state index in [1.165, 1.54) is 141 Å². The van der Waals surface area contributed by atoms with E-state index >= 15 is 0 Å². The first-order chi connectivity index (χ1) is 39.0. The van der Waals surface area contributed by atoms with Crippen molar-refractivity contribution in [2.45, 2.75) is 322 Å². The molecule has 0 saturated heterocycles. The summed E-state index contributed by atoms with van der Waals surface area (Å²) in [6.07, 6.45) is 90.9. The molecule has 452 valence electrons. The highest BCUT2D eigenvalue weighted by Gasteiger charge is 2.19. The van der Waals surface area contributed by atoms with E-state index in [4.69, 9.17) is 14.2 Å². The van der Waals surface area contributed by atoms with Crippen molar-refractivity contribution in [3.05, 3.63) is 109 Å². The number of allylic oxidation sites excluding steroid dienone is 18. The highest BCUT2D eigenvalue weighted by atomic mass is 16.6. The summed E-state index contributed by atoms with van der Waals surface area (Å²) in [7, 11) is 0. The first-order valence-electron chi connectivity index (χ1n) is 33.4. The molecule has 6 heteroatoms. The van der Waals surface area contributed by atoms with Gasteiger partial charge in [-0.3, -0.25) is 14.4 Å².